The number of hydrogen-bond donors (Lipinski definition) is 1. The van der Waals surface area contributed by atoms with E-state index in [1.807, 2.05) is 0 Å². The largest absolute Gasteiger partial charge is 0.382 e. The highest BCUT2D eigenvalue weighted by Crippen LogP contribution is 2.11. The number of hydrogen-bond acceptors (Lipinski definition) is 4. The number of benzene rings is 1. The second kappa shape index (κ2) is 10.4. The summed E-state index contributed by atoms with van der Waals surface area (Å²) in [5, 5.41) is 0. The lowest BCUT2D eigenvalue weighted by molar-refractivity contribution is 0.0194. The van der Waals surface area contributed by atoms with Crippen LogP contribution in [0.4, 0.5) is 4.39 Å². The van der Waals surface area contributed by atoms with Gasteiger partial charge in [0.05, 0.1) is 39.6 Å². The van der Waals surface area contributed by atoms with Crippen molar-refractivity contribution in [1.29, 1.82) is 0 Å². The van der Waals surface area contributed by atoms with E-state index in [1.54, 1.807) is 19.2 Å². The average molecular weight is 281 g/mol. The molecule has 0 unspecified atom stereocenters. The van der Waals surface area contributed by atoms with Gasteiger partial charge >= 0.3 is 0 Å². The van der Waals surface area contributed by atoms with Crippen LogP contribution in [0.15, 0.2) is 18.2 Å². The van der Waals surface area contributed by atoms with Crippen LogP contribution in [-0.4, -0.2) is 40.1 Å². The Balaban J connectivity index is 2.30. The number of halogens is 1. The van der Waals surface area contributed by atoms with Gasteiger partial charge in [0.1, 0.15) is 5.82 Å². The molecule has 20 heavy (non-hydrogen) atoms. The average Bonchev–Trinajstić information content (AvgIpc) is 2.46. The predicted octanol–water partition coefficient (Wildman–Crippen LogP) is 1.32. The van der Waals surface area contributed by atoms with Gasteiger partial charge < -0.3 is 19.9 Å². The molecule has 0 aliphatic carbocycles. The van der Waals surface area contributed by atoms with Crippen molar-refractivity contribution in [2.45, 2.75) is 6.61 Å². The Bertz CT molecular complexity index is 454. The second-order valence-corrected chi connectivity index (χ2v) is 3.97. The van der Waals surface area contributed by atoms with Gasteiger partial charge in [0.2, 0.25) is 0 Å². The second-order valence-electron chi connectivity index (χ2n) is 3.97. The van der Waals surface area contributed by atoms with Crippen LogP contribution < -0.4 is 5.73 Å². The minimum Gasteiger partial charge on any atom is -0.382 e. The summed E-state index contributed by atoms with van der Waals surface area (Å²) in [7, 11) is 1.62. The van der Waals surface area contributed by atoms with Crippen LogP contribution >= 0.6 is 0 Å². The Hall–Kier alpha value is -1.45. The molecule has 0 aliphatic heterocycles. The lowest BCUT2D eigenvalue weighted by atomic mass is 10.1. The van der Waals surface area contributed by atoms with E-state index in [2.05, 4.69) is 11.8 Å². The maximum atomic E-state index is 13.7. The molecule has 0 saturated carbocycles. The lowest BCUT2D eigenvalue weighted by Crippen LogP contribution is -2.08. The molecule has 0 aromatic heterocycles. The van der Waals surface area contributed by atoms with Crippen molar-refractivity contribution in [2.24, 2.45) is 5.73 Å². The smallest absolute Gasteiger partial charge is 0.129 e. The summed E-state index contributed by atoms with van der Waals surface area (Å²) in [6, 6.07) is 4.80. The molecule has 110 valence electrons. The van der Waals surface area contributed by atoms with E-state index in [4.69, 9.17) is 19.9 Å². The third-order valence-electron chi connectivity index (χ3n) is 2.45. The maximum Gasteiger partial charge on any atom is 0.129 e. The first-order valence-electron chi connectivity index (χ1n) is 6.39. The molecule has 1 aromatic carbocycles. The van der Waals surface area contributed by atoms with Gasteiger partial charge in [-0.2, -0.15) is 0 Å². The predicted molar refractivity (Wildman–Crippen MR) is 74.7 cm³/mol. The highest BCUT2D eigenvalue weighted by molar-refractivity contribution is 5.37. The molecule has 2 N–H and O–H groups in total. The van der Waals surface area contributed by atoms with Crippen LogP contribution in [0.3, 0.4) is 0 Å². The third-order valence-corrected chi connectivity index (χ3v) is 2.45. The Morgan fingerprint density at radius 2 is 1.90 bits per heavy atom. The summed E-state index contributed by atoms with van der Waals surface area (Å²) < 4.78 is 29.1. The molecule has 0 amide bonds. The third kappa shape index (κ3) is 6.64. The molecule has 0 fully saturated rings. The van der Waals surface area contributed by atoms with Gasteiger partial charge in [0.15, 0.2) is 0 Å². The zero-order chi connectivity index (χ0) is 14.6. The van der Waals surface area contributed by atoms with Gasteiger partial charge in [-0.1, -0.05) is 17.9 Å². The highest BCUT2D eigenvalue weighted by atomic mass is 19.1. The van der Waals surface area contributed by atoms with Crippen molar-refractivity contribution >= 4 is 0 Å². The van der Waals surface area contributed by atoms with E-state index >= 15 is 0 Å². The van der Waals surface area contributed by atoms with Crippen molar-refractivity contribution in [2.75, 3.05) is 40.1 Å². The van der Waals surface area contributed by atoms with Gasteiger partial charge in [-0.25, -0.2) is 4.39 Å². The number of ether oxygens (including phenoxy) is 3. The molecule has 0 radical (unpaired) electrons. The first kappa shape index (κ1) is 16.6. The molecule has 5 heteroatoms. The van der Waals surface area contributed by atoms with Gasteiger partial charge in [-0.3, -0.25) is 0 Å². The molecule has 0 bridgehead atoms. The van der Waals surface area contributed by atoms with Gasteiger partial charge in [0.25, 0.3) is 0 Å². The van der Waals surface area contributed by atoms with Crippen molar-refractivity contribution in [3.8, 4) is 11.8 Å². The van der Waals surface area contributed by atoms with Crippen LogP contribution in [0.5, 0.6) is 0 Å². The van der Waals surface area contributed by atoms with Crippen LogP contribution in [0.1, 0.15) is 11.1 Å². The van der Waals surface area contributed by atoms with Crippen molar-refractivity contribution in [3.63, 3.8) is 0 Å². The molecular weight excluding hydrogens is 261 g/mol. The SMILES string of the molecule is COCCOCCOCc1ccc(C#CCN)cc1F. The molecule has 0 atom stereocenters. The van der Waals surface area contributed by atoms with E-state index in [1.165, 1.54) is 6.07 Å². The molecule has 0 heterocycles. The van der Waals surface area contributed by atoms with Crippen LogP contribution in [-0.2, 0) is 20.8 Å². The lowest BCUT2D eigenvalue weighted by Gasteiger charge is -2.06. The van der Waals surface area contributed by atoms with Crippen molar-refractivity contribution in [3.05, 3.63) is 35.1 Å². The summed E-state index contributed by atoms with van der Waals surface area (Å²) >= 11 is 0. The Labute approximate surface area is 119 Å². The van der Waals surface area contributed by atoms with E-state index in [0.717, 1.165) is 0 Å². The zero-order valence-electron chi connectivity index (χ0n) is 11.7. The van der Waals surface area contributed by atoms with E-state index in [-0.39, 0.29) is 19.0 Å². The monoisotopic (exact) mass is 281 g/mol. The normalized spacial score (nSPS) is 10.2. The first-order valence-corrected chi connectivity index (χ1v) is 6.39. The Morgan fingerprint density at radius 1 is 1.15 bits per heavy atom. The Kier molecular flexibility index (Phi) is 8.59. The molecule has 0 saturated heterocycles. The fraction of sp³-hybridized carbons (Fsp3) is 0.467. The molecule has 4 nitrogen and oxygen atoms in total. The fourth-order valence-electron chi connectivity index (χ4n) is 1.44. The molecule has 1 rings (SSSR count). The van der Waals surface area contributed by atoms with E-state index in [9.17, 15) is 4.39 Å². The summed E-state index contributed by atoms with van der Waals surface area (Å²) in [4.78, 5) is 0. The minimum absolute atomic E-state index is 0.212. The molecular formula is C15H20FNO3. The highest BCUT2D eigenvalue weighted by Gasteiger charge is 2.03. The number of rotatable bonds is 8. The van der Waals surface area contributed by atoms with E-state index < -0.39 is 0 Å². The maximum absolute atomic E-state index is 13.7. The number of nitrogens with two attached hydrogens (primary N) is 1. The molecule has 1 aromatic rings. The Morgan fingerprint density at radius 3 is 2.60 bits per heavy atom. The first-order chi connectivity index (χ1) is 9.77. The van der Waals surface area contributed by atoms with Gasteiger partial charge in [-0.15, -0.1) is 0 Å². The minimum atomic E-state index is -0.325. The van der Waals surface area contributed by atoms with Crippen molar-refractivity contribution in [1.82, 2.24) is 0 Å². The fourth-order valence-corrected chi connectivity index (χ4v) is 1.44. The summed E-state index contributed by atoms with van der Waals surface area (Å²) in [6.07, 6.45) is 0. The summed E-state index contributed by atoms with van der Waals surface area (Å²) in [5.74, 6) is 5.14. The van der Waals surface area contributed by atoms with E-state index in [0.29, 0.717) is 37.6 Å². The van der Waals surface area contributed by atoms with Crippen LogP contribution in [0.25, 0.3) is 0 Å². The topological polar surface area (TPSA) is 53.7 Å². The summed E-state index contributed by atoms with van der Waals surface area (Å²) in [6.45, 7) is 2.44. The van der Waals surface area contributed by atoms with Crippen LogP contribution in [0.2, 0.25) is 0 Å². The standard InChI is InChI=1S/C15H20FNO3/c1-18-7-8-19-9-10-20-12-14-5-4-13(3-2-6-17)11-15(14)16/h4-5,11H,6-10,12,17H2,1H3. The number of methoxy groups -OCH3 is 1. The molecule has 0 spiro atoms. The summed E-state index contributed by atoms with van der Waals surface area (Å²) in [5.41, 5.74) is 6.37. The van der Waals surface area contributed by atoms with Gasteiger partial charge in [-0.05, 0) is 12.1 Å². The van der Waals surface area contributed by atoms with Gasteiger partial charge in [0, 0.05) is 18.2 Å². The zero-order valence-corrected chi connectivity index (χ0v) is 11.7. The quantitative estimate of drug-likeness (QED) is 0.577. The van der Waals surface area contributed by atoms with Crippen molar-refractivity contribution < 1.29 is 18.6 Å². The van der Waals surface area contributed by atoms with Crippen LogP contribution in [0, 0.1) is 17.7 Å². The molecule has 0 aliphatic rings.